The maximum absolute atomic E-state index is 10.9. The van der Waals surface area contributed by atoms with E-state index in [-0.39, 0.29) is 12.5 Å². The van der Waals surface area contributed by atoms with E-state index < -0.39 is 0 Å². The lowest BCUT2D eigenvalue weighted by molar-refractivity contribution is -0.114. The third-order valence-electron chi connectivity index (χ3n) is 1.84. The Morgan fingerprint density at radius 1 is 1.53 bits per heavy atom. The highest BCUT2D eigenvalue weighted by atomic mass is 16.5. The van der Waals surface area contributed by atoms with Crippen molar-refractivity contribution < 1.29 is 14.6 Å². The summed E-state index contributed by atoms with van der Waals surface area (Å²) >= 11 is 0. The van der Waals surface area contributed by atoms with E-state index in [9.17, 15) is 4.79 Å². The first-order valence-electron chi connectivity index (χ1n) is 4.81. The molecule has 4 nitrogen and oxygen atoms in total. The number of amides is 1. The predicted molar refractivity (Wildman–Crippen MR) is 57.8 cm³/mol. The summed E-state index contributed by atoms with van der Waals surface area (Å²) in [6.07, 6.45) is 0. The Balaban J connectivity index is 2.97. The van der Waals surface area contributed by atoms with E-state index >= 15 is 0 Å². The number of nitrogens with one attached hydrogen (secondary N) is 1. The van der Waals surface area contributed by atoms with Gasteiger partial charge in [-0.15, -0.1) is 0 Å². The van der Waals surface area contributed by atoms with Gasteiger partial charge in [-0.25, -0.2) is 0 Å². The molecule has 1 rings (SSSR count). The highest BCUT2D eigenvalue weighted by Crippen LogP contribution is 2.25. The Labute approximate surface area is 88.9 Å². The minimum absolute atomic E-state index is 0.0412. The second kappa shape index (κ2) is 5.36. The Morgan fingerprint density at radius 3 is 2.80 bits per heavy atom. The molecule has 0 aliphatic heterocycles. The molecule has 0 spiro atoms. The molecule has 4 heteroatoms. The number of aliphatic hydroxyl groups is 1. The summed E-state index contributed by atoms with van der Waals surface area (Å²) in [5, 5.41) is 11.6. The molecular weight excluding hydrogens is 194 g/mol. The van der Waals surface area contributed by atoms with E-state index in [0.29, 0.717) is 18.0 Å². The van der Waals surface area contributed by atoms with Crippen molar-refractivity contribution in [3.63, 3.8) is 0 Å². The average Bonchev–Trinajstić information content (AvgIpc) is 2.20. The van der Waals surface area contributed by atoms with Crippen LogP contribution >= 0.6 is 0 Å². The van der Waals surface area contributed by atoms with E-state index in [1.165, 1.54) is 6.92 Å². The van der Waals surface area contributed by atoms with Crippen molar-refractivity contribution in [1.82, 2.24) is 0 Å². The summed E-state index contributed by atoms with van der Waals surface area (Å²) in [6, 6.07) is 5.18. The lowest BCUT2D eigenvalue weighted by atomic mass is 10.2. The van der Waals surface area contributed by atoms with Gasteiger partial charge in [0.25, 0.3) is 0 Å². The Bertz CT molecular complexity index is 350. The monoisotopic (exact) mass is 209 g/mol. The quantitative estimate of drug-likeness (QED) is 0.790. The zero-order chi connectivity index (χ0) is 11.3. The lowest BCUT2D eigenvalue weighted by Gasteiger charge is -2.11. The molecule has 0 unspecified atom stereocenters. The van der Waals surface area contributed by atoms with Crippen molar-refractivity contribution in [2.45, 2.75) is 20.5 Å². The molecule has 0 heterocycles. The molecule has 0 saturated heterocycles. The summed E-state index contributed by atoms with van der Waals surface area (Å²) in [5.74, 6) is 0.437. The Kier molecular flexibility index (Phi) is 4.12. The number of hydrogen-bond donors (Lipinski definition) is 2. The van der Waals surface area contributed by atoms with Crippen LogP contribution in [0.5, 0.6) is 5.75 Å². The Morgan fingerprint density at radius 2 is 2.27 bits per heavy atom. The van der Waals surface area contributed by atoms with Gasteiger partial charge in [0.2, 0.25) is 5.91 Å². The van der Waals surface area contributed by atoms with Crippen molar-refractivity contribution in [2.24, 2.45) is 0 Å². The van der Waals surface area contributed by atoms with Crippen molar-refractivity contribution in [1.29, 1.82) is 0 Å². The van der Waals surface area contributed by atoms with Crippen LogP contribution in [0.15, 0.2) is 18.2 Å². The van der Waals surface area contributed by atoms with Crippen molar-refractivity contribution in [3.8, 4) is 5.75 Å². The van der Waals surface area contributed by atoms with E-state index in [1.54, 1.807) is 18.2 Å². The first-order valence-corrected chi connectivity index (χ1v) is 4.81. The summed E-state index contributed by atoms with van der Waals surface area (Å²) in [4.78, 5) is 10.9. The van der Waals surface area contributed by atoms with Gasteiger partial charge >= 0.3 is 0 Å². The maximum Gasteiger partial charge on any atom is 0.221 e. The van der Waals surface area contributed by atoms with E-state index in [2.05, 4.69) is 5.32 Å². The molecule has 0 aliphatic carbocycles. The second-order valence-electron chi connectivity index (χ2n) is 3.10. The van der Waals surface area contributed by atoms with Crippen LogP contribution in [0.2, 0.25) is 0 Å². The van der Waals surface area contributed by atoms with Gasteiger partial charge in [0, 0.05) is 6.92 Å². The minimum Gasteiger partial charge on any atom is -0.492 e. The van der Waals surface area contributed by atoms with Crippen LogP contribution < -0.4 is 10.1 Å². The lowest BCUT2D eigenvalue weighted by Crippen LogP contribution is -2.08. The fourth-order valence-electron chi connectivity index (χ4n) is 1.23. The number of ether oxygens (including phenoxy) is 1. The third kappa shape index (κ3) is 3.25. The third-order valence-corrected chi connectivity index (χ3v) is 1.84. The number of carbonyl (C=O) groups excluding carboxylic acids is 1. The first-order chi connectivity index (χ1) is 7.17. The highest BCUT2D eigenvalue weighted by molar-refractivity contribution is 5.90. The first kappa shape index (κ1) is 11.5. The van der Waals surface area contributed by atoms with Gasteiger partial charge < -0.3 is 15.2 Å². The number of aliphatic hydroxyl groups excluding tert-OH is 1. The van der Waals surface area contributed by atoms with Gasteiger partial charge in [0.1, 0.15) is 5.75 Å². The van der Waals surface area contributed by atoms with Crippen molar-refractivity contribution in [2.75, 3.05) is 11.9 Å². The van der Waals surface area contributed by atoms with Crippen LogP contribution in [-0.2, 0) is 11.4 Å². The average molecular weight is 209 g/mol. The molecule has 1 aromatic carbocycles. The maximum atomic E-state index is 10.9. The van der Waals surface area contributed by atoms with Gasteiger partial charge in [0.15, 0.2) is 0 Å². The molecule has 82 valence electrons. The number of carbonyl (C=O) groups is 1. The van der Waals surface area contributed by atoms with E-state index in [0.717, 1.165) is 5.56 Å². The molecule has 0 bridgehead atoms. The standard InChI is InChI=1S/C11H15NO3/c1-3-15-11-6-9(7-13)4-5-10(11)12-8(2)14/h4-6,13H,3,7H2,1-2H3,(H,12,14). The van der Waals surface area contributed by atoms with Gasteiger partial charge in [-0.05, 0) is 24.6 Å². The molecule has 0 fully saturated rings. The van der Waals surface area contributed by atoms with Crippen LogP contribution in [-0.4, -0.2) is 17.6 Å². The molecule has 0 saturated carbocycles. The molecule has 0 aromatic heterocycles. The number of hydrogen-bond acceptors (Lipinski definition) is 3. The highest BCUT2D eigenvalue weighted by Gasteiger charge is 2.05. The van der Waals surface area contributed by atoms with Gasteiger partial charge in [-0.1, -0.05) is 6.07 Å². The van der Waals surface area contributed by atoms with E-state index in [4.69, 9.17) is 9.84 Å². The Hall–Kier alpha value is -1.55. The zero-order valence-corrected chi connectivity index (χ0v) is 8.91. The topological polar surface area (TPSA) is 58.6 Å². The predicted octanol–water partition coefficient (Wildman–Crippen LogP) is 1.54. The number of anilines is 1. The van der Waals surface area contributed by atoms with Gasteiger partial charge in [-0.2, -0.15) is 0 Å². The SMILES string of the molecule is CCOc1cc(CO)ccc1NC(C)=O. The molecular formula is C11H15NO3. The van der Waals surface area contributed by atoms with E-state index in [1.807, 2.05) is 6.92 Å². The summed E-state index contributed by atoms with van der Waals surface area (Å²) in [7, 11) is 0. The normalized spacial score (nSPS) is 9.80. The zero-order valence-electron chi connectivity index (χ0n) is 8.91. The van der Waals surface area contributed by atoms with Crippen LogP contribution in [0.1, 0.15) is 19.4 Å². The van der Waals surface area contributed by atoms with Gasteiger partial charge in [-0.3, -0.25) is 4.79 Å². The fraction of sp³-hybridized carbons (Fsp3) is 0.364. The molecule has 0 aliphatic rings. The van der Waals surface area contributed by atoms with Crippen LogP contribution in [0, 0.1) is 0 Å². The largest absolute Gasteiger partial charge is 0.492 e. The van der Waals surface area contributed by atoms with Gasteiger partial charge in [0.05, 0.1) is 18.9 Å². The smallest absolute Gasteiger partial charge is 0.221 e. The number of benzene rings is 1. The summed E-state index contributed by atoms with van der Waals surface area (Å²) in [6.45, 7) is 3.78. The molecule has 15 heavy (non-hydrogen) atoms. The van der Waals surface area contributed by atoms with Crippen molar-refractivity contribution in [3.05, 3.63) is 23.8 Å². The molecule has 1 amide bonds. The van der Waals surface area contributed by atoms with Crippen LogP contribution in [0.4, 0.5) is 5.69 Å². The molecule has 0 atom stereocenters. The fourth-order valence-corrected chi connectivity index (χ4v) is 1.23. The van der Waals surface area contributed by atoms with Crippen molar-refractivity contribution >= 4 is 11.6 Å². The molecule has 1 aromatic rings. The second-order valence-corrected chi connectivity index (χ2v) is 3.10. The molecule has 2 N–H and O–H groups in total. The minimum atomic E-state index is -0.146. The number of rotatable bonds is 4. The van der Waals surface area contributed by atoms with Crippen LogP contribution in [0.3, 0.4) is 0 Å². The summed E-state index contributed by atoms with van der Waals surface area (Å²) in [5.41, 5.74) is 1.38. The summed E-state index contributed by atoms with van der Waals surface area (Å²) < 4.78 is 5.35. The molecule has 0 radical (unpaired) electrons. The van der Waals surface area contributed by atoms with Crippen LogP contribution in [0.25, 0.3) is 0 Å².